The van der Waals surface area contributed by atoms with E-state index in [4.69, 9.17) is 11.6 Å². The number of anilines is 1. The molecule has 1 aliphatic heterocycles. The highest BCUT2D eigenvalue weighted by Gasteiger charge is 2.42. The van der Waals surface area contributed by atoms with Gasteiger partial charge >= 0.3 is 0 Å². The van der Waals surface area contributed by atoms with Gasteiger partial charge in [-0.15, -0.1) is 0 Å². The van der Waals surface area contributed by atoms with Gasteiger partial charge in [0.1, 0.15) is 0 Å². The molecule has 4 rings (SSSR count). The first-order chi connectivity index (χ1) is 12.6. The van der Waals surface area contributed by atoms with Gasteiger partial charge in [0.2, 0.25) is 0 Å². The predicted octanol–water partition coefficient (Wildman–Crippen LogP) is 5.59. The molecule has 0 saturated carbocycles. The molecular formula is C22H24ClNO2. The number of halogens is 1. The van der Waals surface area contributed by atoms with Crippen LogP contribution in [0, 0.1) is 5.92 Å². The van der Waals surface area contributed by atoms with Gasteiger partial charge in [-0.3, -0.25) is 9.59 Å². The Hall–Kier alpha value is -1.87. The number of benzene rings is 1. The summed E-state index contributed by atoms with van der Waals surface area (Å²) in [4.78, 5) is 28.0. The van der Waals surface area contributed by atoms with Crippen LogP contribution in [0.5, 0.6) is 0 Å². The van der Waals surface area contributed by atoms with Crippen LogP contribution in [0.15, 0.2) is 46.8 Å². The summed E-state index contributed by atoms with van der Waals surface area (Å²) in [5, 5.41) is 0.692. The van der Waals surface area contributed by atoms with Crippen molar-refractivity contribution in [3.63, 3.8) is 0 Å². The Bertz CT molecular complexity index is 775. The molecule has 0 bridgehead atoms. The molecule has 0 amide bonds. The van der Waals surface area contributed by atoms with Gasteiger partial charge in [0.05, 0.1) is 0 Å². The fourth-order valence-corrected chi connectivity index (χ4v) is 4.86. The Labute approximate surface area is 159 Å². The van der Waals surface area contributed by atoms with E-state index in [9.17, 15) is 9.59 Å². The fraction of sp³-hybridized carbons (Fsp3) is 0.455. The molecule has 0 N–H and O–H groups in total. The normalized spacial score (nSPS) is 21.2. The van der Waals surface area contributed by atoms with Crippen molar-refractivity contribution >= 4 is 28.9 Å². The molecule has 0 unspecified atom stereocenters. The summed E-state index contributed by atoms with van der Waals surface area (Å²) in [5.74, 6) is 0.455. The smallest absolute Gasteiger partial charge is 0.161 e. The zero-order valence-corrected chi connectivity index (χ0v) is 15.9. The molecule has 136 valence electrons. The van der Waals surface area contributed by atoms with Crippen LogP contribution in [0.3, 0.4) is 0 Å². The maximum atomic E-state index is 12.9. The molecule has 0 spiro atoms. The number of nitrogens with zero attached hydrogens (tertiary/aromatic N) is 1. The van der Waals surface area contributed by atoms with E-state index in [1.54, 1.807) is 0 Å². The molecular weight excluding hydrogens is 346 g/mol. The number of rotatable bonds is 3. The minimum atomic E-state index is -0.00542. The predicted molar refractivity (Wildman–Crippen MR) is 104 cm³/mol. The minimum absolute atomic E-state index is 0.00542. The number of hydrogen-bond acceptors (Lipinski definition) is 3. The van der Waals surface area contributed by atoms with E-state index in [0.29, 0.717) is 17.9 Å². The first-order valence-electron chi connectivity index (χ1n) is 9.70. The van der Waals surface area contributed by atoms with Crippen molar-refractivity contribution in [3.8, 4) is 0 Å². The highest BCUT2D eigenvalue weighted by molar-refractivity contribution is 6.30. The first-order valence-corrected chi connectivity index (χ1v) is 10.1. The summed E-state index contributed by atoms with van der Waals surface area (Å²) < 4.78 is 0. The van der Waals surface area contributed by atoms with E-state index in [2.05, 4.69) is 11.8 Å². The fourth-order valence-electron chi connectivity index (χ4n) is 4.74. The van der Waals surface area contributed by atoms with Crippen molar-refractivity contribution in [3.05, 3.63) is 51.8 Å². The number of ketones is 2. The van der Waals surface area contributed by atoms with Gasteiger partial charge < -0.3 is 4.90 Å². The van der Waals surface area contributed by atoms with Gasteiger partial charge in [-0.25, -0.2) is 0 Å². The molecule has 3 nitrogen and oxygen atoms in total. The van der Waals surface area contributed by atoms with Crippen LogP contribution in [0.25, 0.3) is 0 Å². The molecule has 0 saturated heterocycles. The number of carbonyl (C=O) groups is 2. The molecule has 0 radical (unpaired) electrons. The Morgan fingerprint density at radius 2 is 1.46 bits per heavy atom. The van der Waals surface area contributed by atoms with Crippen LogP contribution in [-0.4, -0.2) is 11.6 Å². The van der Waals surface area contributed by atoms with Crippen LogP contribution in [-0.2, 0) is 9.59 Å². The molecule has 26 heavy (non-hydrogen) atoms. The summed E-state index contributed by atoms with van der Waals surface area (Å²) >= 11 is 6.09. The van der Waals surface area contributed by atoms with E-state index in [-0.39, 0.29) is 17.5 Å². The lowest BCUT2D eigenvalue weighted by atomic mass is 9.72. The second-order valence-corrected chi connectivity index (χ2v) is 7.86. The number of carbonyl (C=O) groups excluding carboxylic acids is 2. The molecule has 1 heterocycles. The van der Waals surface area contributed by atoms with E-state index in [0.717, 1.165) is 66.8 Å². The molecule has 0 atom stereocenters. The average molecular weight is 370 g/mol. The third-order valence-corrected chi connectivity index (χ3v) is 6.01. The SMILES string of the molecule is CCCC1C2=C(CCCC2=O)N(c2ccc(Cl)cc2)C2=C1C(=O)CCC2. The molecule has 0 fully saturated rings. The lowest BCUT2D eigenvalue weighted by Crippen LogP contribution is -2.40. The summed E-state index contributed by atoms with van der Waals surface area (Å²) in [6.45, 7) is 2.13. The third kappa shape index (κ3) is 2.83. The van der Waals surface area contributed by atoms with Crippen LogP contribution in [0.1, 0.15) is 58.3 Å². The second-order valence-electron chi connectivity index (χ2n) is 7.43. The quantitative estimate of drug-likeness (QED) is 0.696. The van der Waals surface area contributed by atoms with Crippen LogP contribution >= 0.6 is 11.6 Å². The van der Waals surface area contributed by atoms with Crippen LogP contribution < -0.4 is 4.90 Å². The number of Topliss-reactive ketones (excluding diaryl/α,β-unsaturated/α-hetero) is 2. The lowest BCUT2D eigenvalue weighted by Gasteiger charge is -2.43. The largest absolute Gasteiger partial charge is 0.317 e. The summed E-state index contributed by atoms with van der Waals surface area (Å²) in [5.41, 5.74) is 5.06. The van der Waals surface area contributed by atoms with Crippen molar-refractivity contribution in [2.75, 3.05) is 4.90 Å². The van der Waals surface area contributed by atoms with Crippen molar-refractivity contribution in [1.29, 1.82) is 0 Å². The summed E-state index contributed by atoms with van der Waals surface area (Å²) in [7, 11) is 0. The molecule has 1 aromatic carbocycles. The third-order valence-electron chi connectivity index (χ3n) is 5.76. The Morgan fingerprint density at radius 3 is 1.96 bits per heavy atom. The Morgan fingerprint density at radius 1 is 0.923 bits per heavy atom. The highest BCUT2D eigenvalue weighted by atomic mass is 35.5. The van der Waals surface area contributed by atoms with Gasteiger partial charge in [-0.05, 0) is 56.4 Å². The minimum Gasteiger partial charge on any atom is -0.317 e. The molecule has 1 aromatic rings. The number of hydrogen-bond donors (Lipinski definition) is 0. The molecule has 2 aliphatic carbocycles. The maximum absolute atomic E-state index is 12.9. The summed E-state index contributed by atoms with van der Waals surface area (Å²) in [6.07, 6.45) is 6.62. The number of allylic oxidation sites excluding steroid dienone is 4. The van der Waals surface area contributed by atoms with Crippen molar-refractivity contribution < 1.29 is 9.59 Å². The van der Waals surface area contributed by atoms with Gasteiger partial charge in [0.15, 0.2) is 11.6 Å². The monoisotopic (exact) mass is 369 g/mol. The zero-order valence-electron chi connectivity index (χ0n) is 15.2. The van der Waals surface area contributed by atoms with Crippen molar-refractivity contribution in [1.82, 2.24) is 0 Å². The van der Waals surface area contributed by atoms with E-state index >= 15 is 0 Å². The van der Waals surface area contributed by atoms with E-state index in [1.165, 1.54) is 0 Å². The van der Waals surface area contributed by atoms with E-state index in [1.807, 2.05) is 24.3 Å². The first kappa shape index (κ1) is 17.5. The Balaban J connectivity index is 1.93. The summed E-state index contributed by atoms with van der Waals surface area (Å²) in [6, 6.07) is 7.75. The maximum Gasteiger partial charge on any atom is 0.161 e. The van der Waals surface area contributed by atoms with Crippen LogP contribution in [0.4, 0.5) is 5.69 Å². The van der Waals surface area contributed by atoms with Gasteiger partial charge in [0.25, 0.3) is 0 Å². The highest BCUT2D eigenvalue weighted by Crippen LogP contribution is 2.48. The standard InChI is InChI=1S/C22H24ClNO2/c1-2-5-16-21-17(6-3-8-19(21)25)24(15-12-10-14(23)11-13-15)18-7-4-9-20(26)22(16)18/h10-13,16H,2-9H2,1H3. The van der Waals surface area contributed by atoms with Crippen molar-refractivity contribution in [2.24, 2.45) is 5.92 Å². The second kappa shape index (κ2) is 7.03. The van der Waals surface area contributed by atoms with Crippen LogP contribution in [0.2, 0.25) is 5.02 Å². The molecule has 0 aromatic heterocycles. The molecule has 3 aliphatic rings. The van der Waals surface area contributed by atoms with Crippen molar-refractivity contribution in [2.45, 2.75) is 58.3 Å². The van der Waals surface area contributed by atoms with Gasteiger partial charge in [0, 0.05) is 52.0 Å². The zero-order chi connectivity index (χ0) is 18.3. The van der Waals surface area contributed by atoms with Gasteiger partial charge in [-0.1, -0.05) is 24.9 Å². The lowest BCUT2D eigenvalue weighted by molar-refractivity contribution is -0.117. The average Bonchev–Trinajstić information content (AvgIpc) is 2.63. The van der Waals surface area contributed by atoms with Gasteiger partial charge in [-0.2, -0.15) is 0 Å². The Kier molecular flexibility index (Phi) is 4.74. The molecule has 4 heteroatoms. The topological polar surface area (TPSA) is 37.4 Å². The van der Waals surface area contributed by atoms with E-state index < -0.39 is 0 Å².